The summed E-state index contributed by atoms with van der Waals surface area (Å²) in [6.45, 7) is 7.81. The average Bonchev–Trinajstić information content (AvgIpc) is 3.38. The number of nitrogens with zero attached hydrogens (tertiary/aromatic N) is 4. The number of rotatable bonds is 9. The molecule has 11 heteroatoms. The molecule has 2 aliphatic heterocycles. The molecule has 244 valence electrons. The molecule has 1 atom stereocenters. The maximum Gasteiger partial charge on any atom is 0.338 e. The third kappa shape index (κ3) is 6.07. The standard InChI is InChI=1S/C36H38N4O6S/c1-5-9-27-32(35(42)46-6-2)33(31-26-11-8-7-10-23(26)12-15-29(31)45-4)39-34(41)30(47-36(39)37-27)21-24-20-25(40(43)44)13-14-28(24)38-18-16-22(3)17-19-38/h7-8,10-15,20-22,33H,5-6,9,16-19H2,1-4H3/b30-21+/t33-/m1/s1. The first-order valence-corrected chi connectivity index (χ1v) is 16.9. The number of fused-ring (bicyclic) bond motifs is 2. The molecule has 0 N–H and O–H groups in total. The highest BCUT2D eigenvalue weighted by atomic mass is 32.1. The van der Waals surface area contributed by atoms with E-state index in [2.05, 4.69) is 11.8 Å². The number of nitro groups is 1. The topological polar surface area (TPSA) is 116 Å². The molecule has 0 amide bonds. The van der Waals surface area contributed by atoms with Crippen LogP contribution in [0.4, 0.5) is 11.4 Å². The number of benzene rings is 3. The van der Waals surface area contributed by atoms with Crippen molar-refractivity contribution >= 4 is 45.5 Å². The third-order valence-corrected chi connectivity index (χ3v) is 9.93. The Balaban J connectivity index is 1.64. The number of nitro benzene ring substituents is 1. The Hall–Kier alpha value is -4.77. The number of esters is 1. The fourth-order valence-electron chi connectivity index (χ4n) is 6.58. The predicted molar refractivity (Wildman–Crippen MR) is 184 cm³/mol. The van der Waals surface area contributed by atoms with Gasteiger partial charge in [-0.2, -0.15) is 0 Å². The minimum Gasteiger partial charge on any atom is -0.496 e. The van der Waals surface area contributed by atoms with Crippen LogP contribution in [0.25, 0.3) is 16.8 Å². The van der Waals surface area contributed by atoms with Gasteiger partial charge in [-0.1, -0.05) is 61.9 Å². The molecular weight excluding hydrogens is 616 g/mol. The van der Waals surface area contributed by atoms with E-state index in [1.165, 1.54) is 23.5 Å². The van der Waals surface area contributed by atoms with Crippen LogP contribution in [0, 0.1) is 16.0 Å². The summed E-state index contributed by atoms with van der Waals surface area (Å²) in [5.41, 5.74) is 2.58. The second-order valence-electron chi connectivity index (χ2n) is 12.0. The van der Waals surface area contributed by atoms with Crippen LogP contribution in [0.15, 0.2) is 75.7 Å². The minimum absolute atomic E-state index is 0.0497. The van der Waals surface area contributed by atoms with Gasteiger partial charge in [-0.05, 0) is 61.1 Å². The van der Waals surface area contributed by atoms with Crippen LogP contribution in [0.3, 0.4) is 0 Å². The molecule has 0 unspecified atom stereocenters. The van der Waals surface area contributed by atoms with Gasteiger partial charge in [0.1, 0.15) is 11.8 Å². The van der Waals surface area contributed by atoms with E-state index in [4.69, 9.17) is 14.5 Å². The van der Waals surface area contributed by atoms with E-state index in [1.54, 1.807) is 30.7 Å². The van der Waals surface area contributed by atoms with Crippen LogP contribution in [-0.4, -0.2) is 42.3 Å². The van der Waals surface area contributed by atoms with Gasteiger partial charge in [0.2, 0.25) is 0 Å². The number of non-ortho nitro benzene ring substituents is 1. The molecule has 6 rings (SSSR count). The second-order valence-corrected chi connectivity index (χ2v) is 13.0. The zero-order chi connectivity index (χ0) is 33.2. The number of aromatic nitrogens is 1. The molecule has 1 fully saturated rings. The van der Waals surface area contributed by atoms with Crippen molar-refractivity contribution in [3.05, 3.63) is 107 Å². The number of methoxy groups -OCH3 is 1. The number of anilines is 1. The lowest BCUT2D eigenvalue weighted by atomic mass is 9.90. The van der Waals surface area contributed by atoms with Crippen molar-refractivity contribution in [1.82, 2.24) is 4.57 Å². The molecule has 1 saturated heterocycles. The Labute approximate surface area is 276 Å². The predicted octanol–water partition coefficient (Wildman–Crippen LogP) is 5.88. The summed E-state index contributed by atoms with van der Waals surface area (Å²) in [6, 6.07) is 15.5. The van der Waals surface area contributed by atoms with Crippen LogP contribution in [0.1, 0.15) is 63.6 Å². The fraction of sp³-hybridized carbons (Fsp3) is 0.361. The van der Waals surface area contributed by atoms with E-state index >= 15 is 0 Å². The molecule has 0 bridgehead atoms. The van der Waals surface area contributed by atoms with Crippen molar-refractivity contribution in [2.45, 2.75) is 52.5 Å². The monoisotopic (exact) mass is 654 g/mol. The minimum atomic E-state index is -0.872. The number of hydrogen-bond acceptors (Lipinski definition) is 9. The molecule has 10 nitrogen and oxygen atoms in total. The molecule has 1 aromatic heterocycles. The van der Waals surface area contributed by atoms with Crippen molar-refractivity contribution in [2.24, 2.45) is 10.9 Å². The third-order valence-electron chi connectivity index (χ3n) is 8.95. The summed E-state index contributed by atoms with van der Waals surface area (Å²) < 4.78 is 13.4. The smallest absolute Gasteiger partial charge is 0.338 e. The summed E-state index contributed by atoms with van der Waals surface area (Å²) in [5, 5.41) is 13.6. The van der Waals surface area contributed by atoms with Gasteiger partial charge >= 0.3 is 5.97 Å². The van der Waals surface area contributed by atoms with E-state index in [0.29, 0.717) is 49.8 Å². The Morgan fingerprint density at radius 1 is 1.13 bits per heavy atom. The van der Waals surface area contributed by atoms with Gasteiger partial charge in [0.05, 0.1) is 34.4 Å². The van der Waals surface area contributed by atoms with E-state index in [-0.39, 0.29) is 17.9 Å². The van der Waals surface area contributed by atoms with Crippen molar-refractivity contribution in [2.75, 3.05) is 31.7 Å². The van der Waals surface area contributed by atoms with E-state index < -0.39 is 16.9 Å². The molecule has 47 heavy (non-hydrogen) atoms. The summed E-state index contributed by atoms with van der Waals surface area (Å²) in [7, 11) is 1.57. The summed E-state index contributed by atoms with van der Waals surface area (Å²) in [4.78, 5) is 47.4. The Morgan fingerprint density at radius 3 is 2.60 bits per heavy atom. The van der Waals surface area contributed by atoms with Crippen LogP contribution >= 0.6 is 11.3 Å². The van der Waals surface area contributed by atoms with Crippen LogP contribution < -0.4 is 24.5 Å². The molecule has 3 heterocycles. The van der Waals surface area contributed by atoms with Crippen molar-refractivity contribution in [3.63, 3.8) is 0 Å². The first-order valence-electron chi connectivity index (χ1n) is 16.1. The van der Waals surface area contributed by atoms with Gasteiger partial charge in [0.15, 0.2) is 4.80 Å². The van der Waals surface area contributed by atoms with Gasteiger partial charge < -0.3 is 14.4 Å². The number of carbonyl (C=O) groups excluding carboxylic acids is 1. The maximum absolute atomic E-state index is 14.6. The van der Waals surface area contributed by atoms with Crippen molar-refractivity contribution in [1.29, 1.82) is 0 Å². The van der Waals surface area contributed by atoms with Crippen LogP contribution in [-0.2, 0) is 9.53 Å². The zero-order valence-corrected chi connectivity index (χ0v) is 27.8. The Bertz CT molecular complexity index is 2070. The molecule has 3 aromatic carbocycles. The van der Waals surface area contributed by atoms with Gasteiger partial charge in [0, 0.05) is 42.0 Å². The van der Waals surface area contributed by atoms with Crippen molar-refractivity contribution in [3.8, 4) is 5.75 Å². The van der Waals surface area contributed by atoms with E-state index in [1.807, 2.05) is 43.3 Å². The summed E-state index contributed by atoms with van der Waals surface area (Å²) in [6.07, 6.45) is 4.99. The highest BCUT2D eigenvalue weighted by Gasteiger charge is 2.37. The average molecular weight is 655 g/mol. The van der Waals surface area contributed by atoms with Gasteiger partial charge in [0.25, 0.3) is 11.2 Å². The highest BCUT2D eigenvalue weighted by Crippen LogP contribution is 2.41. The maximum atomic E-state index is 14.6. The lowest BCUT2D eigenvalue weighted by Crippen LogP contribution is -2.40. The van der Waals surface area contributed by atoms with Crippen LogP contribution in [0.5, 0.6) is 5.75 Å². The number of carbonyl (C=O) groups is 1. The summed E-state index contributed by atoms with van der Waals surface area (Å²) >= 11 is 1.21. The van der Waals surface area contributed by atoms with Gasteiger partial charge in [-0.25, -0.2) is 9.79 Å². The number of hydrogen-bond donors (Lipinski definition) is 0. The Kier molecular flexibility index (Phi) is 9.26. The number of ether oxygens (including phenoxy) is 2. The fourth-order valence-corrected chi connectivity index (χ4v) is 7.59. The Morgan fingerprint density at radius 2 is 1.89 bits per heavy atom. The molecule has 4 aromatic rings. The van der Waals surface area contributed by atoms with Crippen molar-refractivity contribution < 1.29 is 19.2 Å². The first kappa shape index (κ1) is 32.2. The number of allylic oxidation sites excluding steroid dienone is 1. The SMILES string of the molecule is CCCC1=C(C(=O)OCC)[C@@H](c2c(OC)ccc3ccccc23)n2c(s/c(=C/c3cc([N+](=O)[O-])ccc3N3CCC(C)CC3)c2=O)=N1. The molecule has 0 radical (unpaired) electrons. The second kappa shape index (κ2) is 13.5. The number of thiazole rings is 1. The van der Waals surface area contributed by atoms with Crippen LogP contribution in [0.2, 0.25) is 0 Å². The number of piperidine rings is 1. The lowest BCUT2D eigenvalue weighted by Gasteiger charge is -2.33. The molecular formula is C36H38N4O6S. The van der Waals surface area contributed by atoms with E-state index in [0.717, 1.165) is 48.8 Å². The zero-order valence-electron chi connectivity index (χ0n) is 27.0. The largest absolute Gasteiger partial charge is 0.496 e. The normalized spacial score (nSPS) is 17.1. The quantitative estimate of drug-likeness (QED) is 0.126. The molecule has 0 aliphatic carbocycles. The highest BCUT2D eigenvalue weighted by molar-refractivity contribution is 7.07. The van der Waals surface area contributed by atoms with Gasteiger partial charge in [-0.15, -0.1) is 0 Å². The van der Waals surface area contributed by atoms with E-state index in [9.17, 15) is 19.7 Å². The molecule has 0 saturated carbocycles. The summed E-state index contributed by atoms with van der Waals surface area (Å²) in [5.74, 6) is 0.603. The first-order chi connectivity index (χ1) is 22.7. The lowest BCUT2D eigenvalue weighted by molar-refractivity contribution is -0.384. The van der Waals surface area contributed by atoms with Gasteiger partial charge in [-0.3, -0.25) is 19.5 Å². The molecule has 2 aliphatic rings. The molecule has 0 spiro atoms.